The minimum Gasteiger partial charge on any atom is -0.465 e. The average molecular weight is 330 g/mol. The van der Waals surface area contributed by atoms with E-state index in [1.807, 2.05) is 6.92 Å². The lowest BCUT2D eigenvalue weighted by atomic mass is 10.2. The van der Waals surface area contributed by atoms with Crippen molar-refractivity contribution in [3.05, 3.63) is 15.3 Å². The highest BCUT2D eigenvalue weighted by Gasteiger charge is 2.27. The maximum atomic E-state index is 11.8. The van der Waals surface area contributed by atoms with Crippen LogP contribution >= 0.6 is 23.6 Å². The SMILES string of the molecule is CCCCC(=S)Oc1c(C(=O)OC)sc(C(=O)OC)c1C. The Morgan fingerprint density at radius 3 is 2.24 bits per heavy atom. The van der Waals surface area contributed by atoms with Crippen LogP contribution < -0.4 is 4.74 Å². The van der Waals surface area contributed by atoms with Crippen LogP contribution in [-0.2, 0) is 9.47 Å². The number of unbranched alkanes of at least 4 members (excludes halogenated alkanes) is 1. The van der Waals surface area contributed by atoms with Gasteiger partial charge >= 0.3 is 11.9 Å². The summed E-state index contributed by atoms with van der Waals surface area (Å²) in [6, 6.07) is 0. The minimum absolute atomic E-state index is 0.217. The van der Waals surface area contributed by atoms with Crippen LogP contribution in [0, 0.1) is 6.92 Å². The lowest BCUT2D eigenvalue weighted by molar-refractivity contribution is 0.0597. The molecule has 0 saturated carbocycles. The lowest BCUT2D eigenvalue weighted by Gasteiger charge is -2.08. The van der Waals surface area contributed by atoms with Crippen LogP contribution in [0.3, 0.4) is 0 Å². The largest absolute Gasteiger partial charge is 0.465 e. The second-order valence-corrected chi connectivity index (χ2v) is 5.75. The van der Waals surface area contributed by atoms with E-state index in [9.17, 15) is 9.59 Å². The number of methoxy groups -OCH3 is 2. The van der Waals surface area contributed by atoms with E-state index in [1.165, 1.54) is 14.2 Å². The number of carbonyl (C=O) groups is 2. The normalized spacial score (nSPS) is 10.1. The highest BCUT2D eigenvalue weighted by molar-refractivity contribution is 7.80. The quantitative estimate of drug-likeness (QED) is 0.587. The second-order valence-electron chi connectivity index (χ2n) is 4.28. The van der Waals surface area contributed by atoms with E-state index in [2.05, 4.69) is 0 Å². The topological polar surface area (TPSA) is 61.8 Å². The van der Waals surface area contributed by atoms with Crippen molar-refractivity contribution >= 4 is 40.5 Å². The minimum atomic E-state index is -0.563. The van der Waals surface area contributed by atoms with Crippen LogP contribution in [0.4, 0.5) is 0 Å². The Labute approximate surface area is 133 Å². The molecule has 0 aromatic carbocycles. The zero-order valence-electron chi connectivity index (χ0n) is 12.5. The summed E-state index contributed by atoms with van der Waals surface area (Å²) in [6.45, 7) is 3.74. The standard InChI is InChI=1S/C14H18O5S2/c1-5-6-7-9(20)19-10-8(2)11(13(15)17-3)21-12(10)14(16)18-4/h5-7H2,1-4H3. The summed E-state index contributed by atoms with van der Waals surface area (Å²) in [4.78, 5) is 24.1. The van der Waals surface area contributed by atoms with Crippen molar-refractivity contribution in [3.8, 4) is 5.75 Å². The van der Waals surface area contributed by atoms with Crippen molar-refractivity contribution in [2.24, 2.45) is 0 Å². The molecule has 116 valence electrons. The molecule has 0 aliphatic rings. The van der Waals surface area contributed by atoms with Gasteiger partial charge in [0, 0.05) is 12.0 Å². The van der Waals surface area contributed by atoms with Gasteiger partial charge in [0.2, 0.25) is 0 Å². The van der Waals surface area contributed by atoms with Crippen LogP contribution in [0.2, 0.25) is 0 Å². The number of hydrogen-bond donors (Lipinski definition) is 0. The van der Waals surface area contributed by atoms with Crippen molar-refractivity contribution in [2.75, 3.05) is 14.2 Å². The van der Waals surface area contributed by atoms with E-state index < -0.39 is 11.9 Å². The number of ether oxygens (including phenoxy) is 3. The van der Waals surface area contributed by atoms with Gasteiger partial charge < -0.3 is 14.2 Å². The highest BCUT2D eigenvalue weighted by atomic mass is 32.1. The summed E-state index contributed by atoms with van der Waals surface area (Å²) in [7, 11) is 2.56. The molecule has 1 aromatic rings. The molecule has 1 heterocycles. The van der Waals surface area contributed by atoms with Crippen LogP contribution in [0.5, 0.6) is 5.75 Å². The van der Waals surface area contributed by atoms with Gasteiger partial charge in [0.15, 0.2) is 15.7 Å². The van der Waals surface area contributed by atoms with Crippen molar-refractivity contribution in [3.63, 3.8) is 0 Å². The van der Waals surface area contributed by atoms with Gasteiger partial charge in [0.05, 0.1) is 14.2 Å². The Bertz CT molecular complexity index is 548. The zero-order valence-corrected chi connectivity index (χ0v) is 14.1. The molecular formula is C14H18O5S2. The first kappa shape index (κ1) is 17.6. The molecular weight excluding hydrogens is 312 g/mol. The molecule has 1 aromatic heterocycles. The van der Waals surface area contributed by atoms with Gasteiger partial charge in [-0.3, -0.25) is 0 Å². The molecule has 0 amide bonds. The number of thiophene rings is 1. The van der Waals surface area contributed by atoms with Crippen LogP contribution in [0.1, 0.15) is 51.1 Å². The third-order valence-electron chi connectivity index (χ3n) is 2.78. The van der Waals surface area contributed by atoms with Crippen molar-refractivity contribution in [1.82, 2.24) is 0 Å². The Morgan fingerprint density at radius 1 is 1.14 bits per heavy atom. The molecule has 7 heteroatoms. The number of rotatable bonds is 6. The van der Waals surface area contributed by atoms with Gasteiger partial charge in [0.1, 0.15) is 4.88 Å². The first-order chi connectivity index (χ1) is 9.96. The summed E-state index contributed by atoms with van der Waals surface area (Å²) in [6.07, 6.45) is 2.51. The zero-order chi connectivity index (χ0) is 16.0. The third kappa shape index (κ3) is 4.25. The Kier molecular flexibility index (Phi) is 6.77. The maximum absolute atomic E-state index is 11.8. The number of esters is 2. The molecule has 0 bridgehead atoms. The van der Waals surface area contributed by atoms with Crippen LogP contribution in [0.15, 0.2) is 0 Å². The van der Waals surface area contributed by atoms with Gasteiger partial charge in [-0.25, -0.2) is 9.59 Å². The van der Waals surface area contributed by atoms with Gasteiger partial charge in [-0.15, -0.1) is 11.3 Å². The molecule has 0 aliphatic heterocycles. The Morgan fingerprint density at radius 2 is 1.71 bits per heavy atom. The molecule has 21 heavy (non-hydrogen) atoms. The highest BCUT2D eigenvalue weighted by Crippen LogP contribution is 2.36. The first-order valence-electron chi connectivity index (χ1n) is 6.46. The van der Waals surface area contributed by atoms with Gasteiger partial charge in [-0.05, 0) is 25.6 Å². The molecule has 0 spiro atoms. The number of carbonyl (C=O) groups excluding carboxylic acids is 2. The predicted octanol–water partition coefficient (Wildman–Crippen LogP) is 3.53. The van der Waals surface area contributed by atoms with E-state index in [4.69, 9.17) is 26.4 Å². The van der Waals surface area contributed by atoms with Gasteiger partial charge in [-0.2, -0.15) is 0 Å². The van der Waals surface area contributed by atoms with Crippen molar-refractivity contribution in [1.29, 1.82) is 0 Å². The molecule has 0 unspecified atom stereocenters. The van der Waals surface area contributed by atoms with Gasteiger partial charge in [0.25, 0.3) is 0 Å². The molecule has 5 nitrogen and oxygen atoms in total. The summed E-state index contributed by atoms with van der Waals surface area (Å²) in [5, 5.41) is 0.388. The summed E-state index contributed by atoms with van der Waals surface area (Å²) < 4.78 is 15.0. The van der Waals surface area contributed by atoms with E-state index in [1.54, 1.807) is 6.92 Å². The van der Waals surface area contributed by atoms with Crippen LogP contribution in [0.25, 0.3) is 0 Å². The smallest absolute Gasteiger partial charge is 0.351 e. The van der Waals surface area contributed by atoms with Crippen LogP contribution in [-0.4, -0.2) is 31.2 Å². The summed E-state index contributed by atoms with van der Waals surface area (Å²) in [5.41, 5.74) is 0.533. The van der Waals surface area contributed by atoms with Gasteiger partial charge in [-0.1, -0.05) is 13.3 Å². The fraction of sp³-hybridized carbons (Fsp3) is 0.500. The number of thiocarbonyl (C=S) groups is 1. The first-order valence-corrected chi connectivity index (χ1v) is 7.69. The second kappa shape index (κ2) is 8.09. The van der Waals surface area contributed by atoms with E-state index >= 15 is 0 Å². The maximum Gasteiger partial charge on any atom is 0.351 e. The Hall–Kier alpha value is -1.47. The Balaban J connectivity index is 3.15. The summed E-state index contributed by atoms with van der Waals surface area (Å²) >= 11 is 6.14. The fourth-order valence-electron chi connectivity index (χ4n) is 1.62. The summed E-state index contributed by atoms with van der Waals surface area (Å²) in [5.74, 6) is -0.795. The molecule has 0 radical (unpaired) electrons. The molecule has 0 saturated heterocycles. The molecule has 0 fully saturated rings. The molecule has 0 atom stereocenters. The number of hydrogen-bond acceptors (Lipinski definition) is 7. The van der Waals surface area contributed by atoms with E-state index in [0.717, 1.165) is 24.2 Å². The lowest BCUT2D eigenvalue weighted by Crippen LogP contribution is -2.09. The predicted molar refractivity (Wildman–Crippen MR) is 84.5 cm³/mol. The average Bonchev–Trinajstić information content (AvgIpc) is 2.80. The monoisotopic (exact) mass is 330 g/mol. The van der Waals surface area contributed by atoms with E-state index in [-0.39, 0.29) is 10.6 Å². The van der Waals surface area contributed by atoms with Crippen molar-refractivity contribution < 1.29 is 23.8 Å². The molecule has 0 aliphatic carbocycles. The molecule has 0 N–H and O–H groups in total. The fourth-order valence-corrected chi connectivity index (χ4v) is 2.92. The van der Waals surface area contributed by atoms with Crippen molar-refractivity contribution in [2.45, 2.75) is 33.1 Å². The molecule has 1 rings (SSSR count). The third-order valence-corrected chi connectivity index (χ3v) is 4.30. The van der Waals surface area contributed by atoms with E-state index in [0.29, 0.717) is 21.9 Å².